The fourth-order valence-electron chi connectivity index (χ4n) is 3.18. The fourth-order valence-corrected chi connectivity index (χ4v) is 4.96. The molecule has 1 atom stereocenters. The first-order valence-corrected chi connectivity index (χ1v) is 9.08. The number of benzene rings is 1. The van der Waals surface area contributed by atoms with Gasteiger partial charge in [0.05, 0.1) is 10.4 Å². The van der Waals surface area contributed by atoms with Crippen LogP contribution in [-0.4, -0.2) is 29.9 Å². The molecule has 22 heavy (non-hydrogen) atoms. The largest absolute Gasteiger partial charge is 0.419 e. The molecular weight excluding hydrogens is 304 g/mol. The van der Waals surface area contributed by atoms with E-state index in [0.717, 1.165) is 19.3 Å². The second-order valence-corrected chi connectivity index (χ2v) is 7.45. The average Bonchev–Trinajstić information content (AvgIpc) is 3.09. The molecule has 7 heteroatoms. The zero-order valence-corrected chi connectivity index (χ0v) is 13.6. The number of fused-ring (bicyclic) bond motifs is 1. The molecule has 1 aliphatic rings. The third-order valence-electron chi connectivity index (χ3n) is 4.36. The van der Waals surface area contributed by atoms with Crippen molar-refractivity contribution < 1.29 is 12.8 Å². The van der Waals surface area contributed by atoms with Crippen LogP contribution in [0.15, 0.2) is 32.3 Å². The van der Waals surface area contributed by atoms with Crippen LogP contribution in [0.2, 0.25) is 0 Å². The Labute approximate surface area is 129 Å². The van der Waals surface area contributed by atoms with Gasteiger partial charge in [0, 0.05) is 25.2 Å². The van der Waals surface area contributed by atoms with Gasteiger partial charge in [-0.15, -0.1) is 0 Å². The number of aryl methyl sites for hydroxylation is 1. The summed E-state index contributed by atoms with van der Waals surface area (Å²) < 4.78 is 33.8. The summed E-state index contributed by atoms with van der Waals surface area (Å²) in [6.45, 7) is 4.89. The van der Waals surface area contributed by atoms with E-state index in [1.807, 2.05) is 13.8 Å². The summed E-state index contributed by atoms with van der Waals surface area (Å²) in [6, 6.07) is 4.73. The zero-order chi connectivity index (χ0) is 15.9. The van der Waals surface area contributed by atoms with Gasteiger partial charge in [0.2, 0.25) is 10.0 Å². The summed E-state index contributed by atoms with van der Waals surface area (Å²) in [5, 5.41) is 0. The van der Waals surface area contributed by atoms with Gasteiger partial charge in [-0.1, -0.05) is 6.92 Å². The molecule has 6 nitrogen and oxygen atoms in total. The lowest BCUT2D eigenvalue weighted by molar-refractivity contribution is 0.379. The molecule has 0 spiro atoms. The average molecular weight is 324 g/mol. The van der Waals surface area contributed by atoms with Crippen LogP contribution in [0.3, 0.4) is 0 Å². The van der Waals surface area contributed by atoms with Crippen molar-refractivity contribution in [3.8, 4) is 0 Å². The molecular formula is C15H20N2O4S. The minimum absolute atomic E-state index is 0.0629. The standard InChI is InChI=1S/C15H20N2O4S/c1-3-11-6-5-9-17(11)22(19,20)12-7-8-13-14(10-12)21-15(18)16(13)4-2/h7-8,10-11H,3-6,9H2,1-2H3. The Balaban J connectivity index is 2.08. The van der Waals surface area contributed by atoms with Crippen LogP contribution in [-0.2, 0) is 16.6 Å². The van der Waals surface area contributed by atoms with Gasteiger partial charge >= 0.3 is 5.76 Å². The highest BCUT2D eigenvalue weighted by Crippen LogP contribution is 2.29. The SMILES string of the molecule is CCC1CCCN1S(=O)(=O)c1ccc2c(c1)oc(=O)n2CC. The van der Waals surface area contributed by atoms with Gasteiger partial charge in [0.25, 0.3) is 0 Å². The van der Waals surface area contributed by atoms with Crippen molar-refractivity contribution in [2.45, 2.75) is 50.6 Å². The van der Waals surface area contributed by atoms with Crippen LogP contribution < -0.4 is 5.76 Å². The van der Waals surface area contributed by atoms with E-state index in [1.165, 1.54) is 10.6 Å². The minimum Gasteiger partial charge on any atom is -0.408 e. The Bertz CT molecular complexity index is 850. The monoisotopic (exact) mass is 324 g/mol. The van der Waals surface area contributed by atoms with Crippen molar-refractivity contribution in [1.29, 1.82) is 0 Å². The molecule has 0 aliphatic carbocycles. The molecule has 0 saturated carbocycles. The molecule has 1 aliphatic heterocycles. The lowest BCUT2D eigenvalue weighted by Gasteiger charge is -2.22. The first kappa shape index (κ1) is 15.3. The maximum atomic E-state index is 12.8. The van der Waals surface area contributed by atoms with Crippen molar-refractivity contribution in [3.63, 3.8) is 0 Å². The summed E-state index contributed by atoms with van der Waals surface area (Å²) in [5.74, 6) is -0.459. The number of hydrogen-bond donors (Lipinski definition) is 0. The number of hydrogen-bond acceptors (Lipinski definition) is 4. The first-order valence-electron chi connectivity index (χ1n) is 7.64. The van der Waals surface area contributed by atoms with Gasteiger partial charge in [-0.25, -0.2) is 13.2 Å². The molecule has 0 amide bonds. The summed E-state index contributed by atoms with van der Waals surface area (Å²) in [7, 11) is -3.54. The van der Waals surface area contributed by atoms with E-state index in [1.54, 1.807) is 16.4 Å². The van der Waals surface area contributed by atoms with Gasteiger partial charge in [-0.05, 0) is 38.3 Å². The summed E-state index contributed by atoms with van der Waals surface area (Å²) >= 11 is 0. The van der Waals surface area contributed by atoms with E-state index in [0.29, 0.717) is 24.2 Å². The number of rotatable bonds is 4. The fraction of sp³-hybridized carbons (Fsp3) is 0.533. The normalized spacial score (nSPS) is 20.0. The molecule has 1 fully saturated rings. The van der Waals surface area contributed by atoms with Crippen LogP contribution in [0.5, 0.6) is 0 Å². The van der Waals surface area contributed by atoms with E-state index in [-0.39, 0.29) is 10.9 Å². The molecule has 1 aromatic carbocycles. The van der Waals surface area contributed by atoms with Crippen molar-refractivity contribution >= 4 is 21.1 Å². The van der Waals surface area contributed by atoms with Crippen LogP contribution >= 0.6 is 0 Å². The highest BCUT2D eigenvalue weighted by atomic mass is 32.2. The zero-order valence-electron chi connectivity index (χ0n) is 12.8. The number of oxazole rings is 1. The number of aromatic nitrogens is 1. The molecule has 0 radical (unpaired) electrons. The van der Waals surface area contributed by atoms with Crippen LogP contribution in [0, 0.1) is 0 Å². The maximum Gasteiger partial charge on any atom is 0.419 e. The van der Waals surface area contributed by atoms with E-state index >= 15 is 0 Å². The second-order valence-electron chi connectivity index (χ2n) is 5.56. The van der Waals surface area contributed by atoms with Gasteiger partial charge in [0.15, 0.2) is 5.58 Å². The molecule has 1 unspecified atom stereocenters. The van der Waals surface area contributed by atoms with E-state index in [9.17, 15) is 13.2 Å². The Morgan fingerprint density at radius 3 is 2.77 bits per heavy atom. The predicted molar refractivity (Wildman–Crippen MR) is 83.4 cm³/mol. The smallest absolute Gasteiger partial charge is 0.408 e. The van der Waals surface area contributed by atoms with E-state index < -0.39 is 15.8 Å². The quantitative estimate of drug-likeness (QED) is 0.864. The van der Waals surface area contributed by atoms with Crippen molar-refractivity contribution in [2.24, 2.45) is 0 Å². The molecule has 1 saturated heterocycles. The highest BCUT2D eigenvalue weighted by Gasteiger charge is 2.34. The second kappa shape index (κ2) is 5.55. The van der Waals surface area contributed by atoms with Crippen molar-refractivity contribution in [1.82, 2.24) is 8.87 Å². The molecule has 3 rings (SSSR count). The Hall–Kier alpha value is -1.60. The van der Waals surface area contributed by atoms with E-state index in [4.69, 9.17) is 4.42 Å². The third-order valence-corrected chi connectivity index (χ3v) is 6.30. The molecule has 2 heterocycles. The molecule has 1 aromatic heterocycles. The summed E-state index contributed by atoms with van der Waals surface area (Å²) in [4.78, 5) is 11.9. The van der Waals surface area contributed by atoms with Crippen LogP contribution in [0.4, 0.5) is 0 Å². The summed E-state index contributed by atoms with van der Waals surface area (Å²) in [5.41, 5.74) is 0.945. The van der Waals surface area contributed by atoms with Crippen molar-refractivity contribution in [3.05, 3.63) is 28.7 Å². The van der Waals surface area contributed by atoms with Crippen LogP contribution in [0.1, 0.15) is 33.1 Å². The number of nitrogens with zero attached hydrogens (tertiary/aromatic N) is 2. The molecule has 120 valence electrons. The van der Waals surface area contributed by atoms with Gasteiger partial charge < -0.3 is 4.42 Å². The maximum absolute atomic E-state index is 12.8. The number of sulfonamides is 1. The van der Waals surface area contributed by atoms with Crippen molar-refractivity contribution in [2.75, 3.05) is 6.54 Å². The molecule has 0 bridgehead atoms. The Morgan fingerprint density at radius 1 is 1.32 bits per heavy atom. The predicted octanol–water partition coefficient (Wildman–Crippen LogP) is 2.18. The third kappa shape index (κ3) is 2.28. The van der Waals surface area contributed by atoms with Gasteiger partial charge in [0.1, 0.15) is 0 Å². The lowest BCUT2D eigenvalue weighted by Crippen LogP contribution is -2.35. The van der Waals surface area contributed by atoms with E-state index in [2.05, 4.69) is 0 Å². The first-order chi connectivity index (χ1) is 10.5. The molecule has 2 aromatic rings. The van der Waals surface area contributed by atoms with Crippen LogP contribution in [0.25, 0.3) is 11.1 Å². The highest BCUT2D eigenvalue weighted by molar-refractivity contribution is 7.89. The Morgan fingerprint density at radius 2 is 2.09 bits per heavy atom. The lowest BCUT2D eigenvalue weighted by atomic mass is 10.2. The van der Waals surface area contributed by atoms with Gasteiger partial charge in [-0.3, -0.25) is 4.57 Å². The molecule has 0 N–H and O–H groups in total. The summed E-state index contributed by atoms with van der Waals surface area (Å²) in [6.07, 6.45) is 2.60. The Kier molecular flexibility index (Phi) is 3.86. The minimum atomic E-state index is -3.54. The topological polar surface area (TPSA) is 72.5 Å². The van der Waals surface area contributed by atoms with Gasteiger partial charge in [-0.2, -0.15) is 4.31 Å².